The van der Waals surface area contributed by atoms with E-state index in [9.17, 15) is 28.1 Å². The molecule has 0 bridgehead atoms. The van der Waals surface area contributed by atoms with Crippen molar-refractivity contribution >= 4 is 22.6 Å². The topological polar surface area (TPSA) is 85.2 Å². The molecule has 0 atom stereocenters. The van der Waals surface area contributed by atoms with Crippen LogP contribution in [0.2, 0.25) is 0 Å². The van der Waals surface area contributed by atoms with Crippen LogP contribution in [-0.4, -0.2) is 23.0 Å². The highest BCUT2D eigenvalue weighted by atomic mass is 19.4. The van der Waals surface area contributed by atoms with Crippen LogP contribution in [0.3, 0.4) is 0 Å². The molecule has 0 amide bonds. The summed E-state index contributed by atoms with van der Waals surface area (Å²) >= 11 is 0. The van der Waals surface area contributed by atoms with Crippen LogP contribution in [0.25, 0.3) is 10.9 Å². The number of nitrogens with zero attached hydrogens (tertiary/aromatic N) is 1. The molecule has 0 radical (unpaired) electrons. The van der Waals surface area contributed by atoms with E-state index in [1.54, 1.807) is 0 Å². The number of rotatable bonds is 3. The minimum atomic E-state index is -4.92. The molecule has 0 spiro atoms. The monoisotopic (exact) mass is 302 g/mol. The van der Waals surface area contributed by atoms with E-state index in [4.69, 9.17) is 0 Å². The fraction of sp³-hybridized carbons (Fsp3) is 0.250. The van der Waals surface area contributed by atoms with E-state index in [1.807, 2.05) is 0 Å². The van der Waals surface area contributed by atoms with Gasteiger partial charge in [0, 0.05) is 23.2 Å². The maximum absolute atomic E-state index is 13.2. The van der Waals surface area contributed by atoms with Crippen molar-refractivity contribution in [2.24, 2.45) is 0 Å². The Balaban J connectivity index is 2.77. The Labute approximate surface area is 115 Å². The maximum Gasteiger partial charge on any atom is 0.423 e. The van der Waals surface area contributed by atoms with Gasteiger partial charge in [0.1, 0.15) is 5.56 Å². The molecule has 0 fully saturated rings. The molecule has 21 heavy (non-hydrogen) atoms. The van der Waals surface area contributed by atoms with Crippen molar-refractivity contribution in [3.63, 3.8) is 0 Å². The van der Waals surface area contributed by atoms with Gasteiger partial charge < -0.3 is 9.72 Å². The Morgan fingerprint density at radius 2 is 2.10 bits per heavy atom. The number of methoxy groups -OCH3 is 1. The molecule has 0 aliphatic rings. The molecule has 1 N–H and O–H groups in total. The summed E-state index contributed by atoms with van der Waals surface area (Å²) < 4.78 is 44.0. The molecule has 112 valence electrons. The van der Waals surface area contributed by atoms with Crippen molar-refractivity contribution in [1.82, 2.24) is 4.98 Å². The number of hydrogen-bond donors (Lipinski definition) is 1. The number of carbonyl (C=O) groups excluding carboxylic acids is 1. The number of nitro benzene ring substituents is 1. The van der Waals surface area contributed by atoms with Crippen molar-refractivity contribution in [1.29, 1.82) is 0 Å². The third kappa shape index (κ3) is 2.67. The largest absolute Gasteiger partial charge is 0.469 e. The summed E-state index contributed by atoms with van der Waals surface area (Å²) in [6.45, 7) is 0. The van der Waals surface area contributed by atoms with E-state index in [1.165, 1.54) is 12.3 Å². The number of nitro groups is 1. The molecule has 6 nitrogen and oxygen atoms in total. The lowest BCUT2D eigenvalue weighted by Crippen LogP contribution is -2.11. The summed E-state index contributed by atoms with van der Waals surface area (Å²) in [5.41, 5.74) is -2.37. The lowest BCUT2D eigenvalue weighted by molar-refractivity contribution is -0.387. The average molecular weight is 302 g/mol. The fourth-order valence-corrected chi connectivity index (χ4v) is 2.09. The summed E-state index contributed by atoms with van der Waals surface area (Å²) in [6, 6.07) is 1.95. The van der Waals surface area contributed by atoms with Gasteiger partial charge in [-0.15, -0.1) is 0 Å². The zero-order valence-corrected chi connectivity index (χ0v) is 10.7. The first-order chi connectivity index (χ1) is 9.75. The normalized spacial score (nSPS) is 11.6. The molecule has 2 rings (SSSR count). The summed E-state index contributed by atoms with van der Waals surface area (Å²) in [6.07, 6.45) is -4.13. The number of ether oxygens (including phenoxy) is 1. The smallest absolute Gasteiger partial charge is 0.423 e. The van der Waals surface area contributed by atoms with Crippen LogP contribution < -0.4 is 0 Å². The third-order valence-electron chi connectivity index (χ3n) is 2.95. The summed E-state index contributed by atoms with van der Waals surface area (Å²) in [5, 5.41) is 10.4. The molecule has 1 aromatic heterocycles. The lowest BCUT2D eigenvalue weighted by atomic mass is 10.0. The molecular formula is C12H9F3N2O4. The number of benzene rings is 1. The SMILES string of the molecule is COC(=O)Cc1c[nH]c2ccc([N+](=O)[O-])c(C(F)(F)F)c12. The quantitative estimate of drug-likeness (QED) is 0.536. The Bertz CT molecular complexity index is 721. The van der Waals surface area contributed by atoms with E-state index >= 15 is 0 Å². The highest BCUT2D eigenvalue weighted by Gasteiger charge is 2.41. The summed E-state index contributed by atoms with van der Waals surface area (Å²) in [4.78, 5) is 23.5. The number of aromatic amines is 1. The van der Waals surface area contributed by atoms with Gasteiger partial charge in [-0.2, -0.15) is 13.2 Å². The Hall–Kier alpha value is -2.58. The van der Waals surface area contributed by atoms with E-state index < -0.39 is 34.7 Å². The summed E-state index contributed by atoms with van der Waals surface area (Å²) in [7, 11) is 1.10. The second-order valence-corrected chi connectivity index (χ2v) is 4.20. The van der Waals surface area contributed by atoms with Crippen LogP contribution in [0.5, 0.6) is 0 Å². The Kier molecular flexibility index (Phi) is 3.58. The number of nitrogens with one attached hydrogen (secondary N) is 1. The third-order valence-corrected chi connectivity index (χ3v) is 2.95. The minimum absolute atomic E-state index is 0.00660. The van der Waals surface area contributed by atoms with Crippen LogP contribution in [-0.2, 0) is 22.1 Å². The number of esters is 1. The first kappa shape index (κ1) is 14.8. The first-order valence-electron chi connectivity index (χ1n) is 5.67. The molecule has 0 saturated carbocycles. The number of aromatic nitrogens is 1. The number of carbonyl (C=O) groups is 1. The number of halogens is 3. The Morgan fingerprint density at radius 3 is 2.62 bits per heavy atom. The van der Waals surface area contributed by atoms with Crippen molar-refractivity contribution < 1.29 is 27.6 Å². The molecular weight excluding hydrogens is 293 g/mol. The van der Waals surface area contributed by atoms with Gasteiger partial charge in [-0.3, -0.25) is 14.9 Å². The number of hydrogen-bond acceptors (Lipinski definition) is 4. The van der Waals surface area contributed by atoms with Crippen molar-refractivity contribution in [2.45, 2.75) is 12.6 Å². The molecule has 0 unspecified atom stereocenters. The lowest BCUT2D eigenvalue weighted by Gasteiger charge is -2.10. The van der Waals surface area contributed by atoms with E-state index in [0.29, 0.717) is 0 Å². The zero-order chi connectivity index (χ0) is 15.8. The van der Waals surface area contributed by atoms with Crippen LogP contribution in [0.1, 0.15) is 11.1 Å². The molecule has 1 heterocycles. The predicted octanol–water partition coefficient (Wildman–Crippen LogP) is 2.81. The second-order valence-electron chi connectivity index (χ2n) is 4.20. The minimum Gasteiger partial charge on any atom is -0.469 e. The molecule has 0 aliphatic heterocycles. The average Bonchev–Trinajstić information content (AvgIpc) is 2.79. The van der Waals surface area contributed by atoms with E-state index in [-0.39, 0.29) is 16.5 Å². The van der Waals surface area contributed by atoms with Crippen LogP contribution in [0.4, 0.5) is 18.9 Å². The number of alkyl halides is 3. The van der Waals surface area contributed by atoms with Gasteiger partial charge in [-0.1, -0.05) is 0 Å². The van der Waals surface area contributed by atoms with Gasteiger partial charge >= 0.3 is 12.1 Å². The van der Waals surface area contributed by atoms with Crippen molar-refractivity contribution in [3.05, 3.63) is 39.6 Å². The highest BCUT2D eigenvalue weighted by molar-refractivity contribution is 5.92. The van der Waals surface area contributed by atoms with Crippen LogP contribution >= 0.6 is 0 Å². The van der Waals surface area contributed by atoms with Crippen LogP contribution in [0, 0.1) is 10.1 Å². The predicted molar refractivity (Wildman–Crippen MR) is 65.7 cm³/mol. The van der Waals surface area contributed by atoms with Gasteiger partial charge in [0.15, 0.2) is 0 Å². The number of H-pyrrole nitrogens is 1. The van der Waals surface area contributed by atoms with Gasteiger partial charge in [-0.05, 0) is 11.6 Å². The molecule has 1 aromatic carbocycles. The van der Waals surface area contributed by atoms with Gasteiger partial charge in [0.05, 0.1) is 18.5 Å². The van der Waals surface area contributed by atoms with Gasteiger partial charge in [0.2, 0.25) is 0 Å². The van der Waals surface area contributed by atoms with Gasteiger partial charge in [-0.25, -0.2) is 0 Å². The van der Waals surface area contributed by atoms with E-state index in [2.05, 4.69) is 9.72 Å². The van der Waals surface area contributed by atoms with Crippen molar-refractivity contribution in [2.75, 3.05) is 7.11 Å². The first-order valence-corrected chi connectivity index (χ1v) is 5.67. The zero-order valence-electron chi connectivity index (χ0n) is 10.7. The standard InChI is InChI=1S/C12H9F3N2O4/c1-21-9(18)4-6-5-16-7-2-3-8(17(19)20)11(10(6)7)12(13,14)15/h2-3,5,16H,4H2,1H3. The second kappa shape index (κ2) is 5.08. The number of fused-ring (bicyclic) bond motifs is 1. The molecule has 2 aromatic rings. The van der Waals surface area contributed by atoms with Gasteiger partial charge in [0.25, 0.3) is 5.69 Å². The Morgan fingerprint density at radius 1 is 1.43 bits per heavy atom. The fourth-order valence-electron chi connectivity index (χ4n) is 2.09. The van der Waals surface area contributed by atoms with Crippen LogP contribution in [0.15, 0.2) is 18.3 Å². The van der Waals surface area contributed by atoms with E-state index in [0.717, 1.165) is 13.2 Å². The maximum atomic E-state index is 13.2. The van der Waals surface area contributed by atoms with Crippen molar-refractivity contribution in [3.8, 4) is 0 Å². The molecule has 9 heteroatoms. The molecule has 0 saturated heterocycles. The molecule has 0 aliphatic carbocycles. The highest BCUT2D eigenvalue weighted by Crippen LogP contribution is 2.42. The summed E-state index contributed by atoms with van der Waals surface area (Å²) in [5.74, 6) is -0.740.